The topological polar surface area (TPSA) is 95.7 Å². The number of primary amides is 1. The molecular formula is C17H15NO5. The Labute approximate surface area is 132 Å². The number of rotatable bonds is 5. The van der Waals surface area contributed by atoms with Crippen LogP contribution in [0.3, 0.4) is 0 Å². The van der Waals surface area contributed by atoms with Gasteiger partial charge in [0.1, 0.15) is 0 Å². The fourth-order valence-corrected chi connectivity index (χ4v) is 2.04. The maximum Gasteiger partial charge on any atom is 0.340 e. The highest BCUT2D eigenvalue weighted by Crippen LogP contribution is 2.20. The standard InChI is InChI=1S/C17H15NO5/c1-22-16(20)12-9-5-6-10-13(12)17(21)23-14(15(18)19)11-7-3-2-4-8-11/h2-10,14H,1H3,(H2,18,19). The first-order valence-electron chi connectivity index (χ1n) is 6.77. The summed E-state index contributed by atoms with van der Waals surface area (Å²) >= 11 is 0. The third-order valence-corrected chi connectivity index (χ3v) is 3.14. The Kier molecular flexibility index (Phi) is 5.09. The number of ether oxygens (including phenoxy) is 2. The maximum absolute atomic E-state index is 12.3. The number of carbonyl (C=O) groups is 3. The van der Waals surface area contributed by atoms with E-state index in [1.165, 1.54) is 19.2 Å². The summed E-state index contributed by atoms with van der Waals surface area (Å²) in [6.07, 6.45) is -1.24. The largest absolute Gasteiger partial charge is 0.465 e. The molecule has 0 aliphatic rings. The first-order chi connectivity index (χ1) is 11.0. The lowest BCUT2D eigenvalue weighted by atomic mass is 10.1. The van der Waals surface area contributed by atoms with Gasteiger partial charge in [-0.25, -0.2) is 9.59 Å². The molecule has 0 saturated carbocycles. The van der Waals surface area contributed by atoms with Crippen LogP contribution in [0.15, 0.2) is 54.6 Å². The van der Waals surface area contributed by atoms with E-state index < -0.39 is 23.9 Å². The average Bonchev–Trinajstić information content (AvgIpc) is 2.59. The van der Waals surface area contributed by atoms with Crippen molar-refractivity contribution in [3.8, 4) is 0 Å². The van der Waals surface area contributed by atoms with Crippen molar-refractivity contribution in [1.82, 2.24) is 0 Å². The summed E-state index contributed by atoms with van der Waals surface area (Å²) in [6.45, 7) is 0. The van der Waals surface area contributed by atoms with Crippen molar-refractivity contribution in [3.63, 3.8) is 0 Å². The normalized spacial score (nSPS) is 11.3. The lowest BCUT2D eigenvalue weighted by molar-refractivity contribution is -0.127. The number of amides is 1. The number of nitrogens with two attached hydrogens (primary N) is 1. The van der Waals surface area contributed by atoms with Gasteiger partial charge in [-0.05, 0) is 12.1 Å². The van der Waals surface area contributed by atoms with E-state index in [4.69, 9.17) is 10.5 Å². The fourth-order valence-electron chi connectivity index (χ4n) is 2.04. The molecule has 118 valence electrons. The van der Waals surface area contributed by atoms with E-state index in [0.717, 1.165) is 0 Å². The Hall–Kier alpha value is -3.15. The molecule has 0 fully saturated rings. The molecule has 23 heavy (non-hydrogen) atoms. The van der Waals surface area contributed by atoms with Gasteiger partial charge in [-0.1, -0.05) is 42.5 Å². The van der Waals surface area contributed by atoms with Crippen LogP contribution in [0.5, 0.6) is 0 Å². The van der Waals surface area contributed by atoms with E-state index in [0.29, 0.717) is 5.56 Å². The molecule has 0 radical (unpaired) electrons. The Bertz CT molecular complexity index is 727. The van der Waals surface area contributed by atoms with Crippen molar-refractivity contribution in [3.05, 3.63) is 71.3 Å². The summed E-state index contributed by atoms with van der Waals surface area (Å²) in [5.41, 5.74) is 5.81. The highest BCUT2D eigenvalue weighted by Gasteiger charge is 2.25. The minimum atomic E-state index is -1.24. The quantitative estimate of drug-likeness (QED) is 0.850. The van der Waals surface area contributed by atoms with Gasteiger partial charge in [0.2, 0.25) is 6.10 Å². The van der Waals surface area contributed by atoms with Crippen molar-refractivity contribution in [2.75, 3.05) is 7.11 Å². The summed E-state index contributed by atoms with van der Waals surface area (Å²) in [4.78, 5) is 35.6. The summed E-state index contributed by atoms with van der Waals surface area (Å²) in [7, 11) is 1.21. The van der Waals surface area contributed by atoms with Gasteiger partial charge in [-0.3, -0.25) is 4.79 Å². The minimum Gasteiger partial charge on any atom is -0.465 e. The highest BCUT2D eigenvalue weighted by atomic mass is 16.5. The molecule has 2 rings (SSSR count). The average molecular weight is 313 g/mol. The Morgan fingerprint density at radius 1 is 0.870 bits per heavy atom. The lowest BCUT2D eigenvalue weighted by Gasteiger charge is -2.16. The molecule has 6 nitrogen and oxygen atoms in total. The summed E-state index contributed by atoms with van der Waals surface area (Å²) in [5.74, 6) is -2.31. The van der Waals surface area contributed by atoms with E-state index >= 15 is 0 Å². The van der Waals surface area contributed by atoms with Crippen molar-refractivity contribution in [1.29, 1.82) is 0 Å². The zero-order valence-corrected chi connectivity index (χ0v) is 12.4. The molecular weight excluding hydrogens is 298 g/mol. The lowest BCUT2D eigenvalue weighted by Crippen LogP contribution is -2.27. The van der Waals surface area contributed by atoms with Crippen LogP contribution in [0, 0.1) is 0 Å². The SMILES string of the molecule is COC(=O)c1ccccc1C(=O)OC(C(N)=O)c1ccccc1. The predicted molar refractivity (Wildman–Crippen MR) is 81.6 cm³/mol. The summed E-state index contributed by atoms with van der Waals surface area (Å²) in [5, 5.41) is 0. The molecule has 0 aromatic heterocycles. The number of methoxy groups -OCH3 is 1. The second kappa shape index (κ2) is 7.22. The molecule has 0 aliphatic carbocycles. The zero-order chi connectivity index (χ0) is 16.8. The van der Waals surface area contributed by atoms with Gasteiger partial charge in [0.25, 0.3) is 5.91 Å². The monoisotopic (exact) mass is 313 g/mol. The van der Waals surface area contributed by atoms with Crippen LogP contribution in [0.25, 0.3) is 0 Å². The minimum absolute atomic E-state index is 0.00142. The van der Waals surface area contributed by atoms with Gasteiger partial charge < -0.3 is 15.2 Å². The predicted octanol–water partition coefficient (Wildman–Crippen LogP) is 1.86. The third kappa shape index (κ3) is 3.74. The number of hydrogen-bond donors (Lipinski definition) is 1. The molecule has 0 heterocycles. The van der Waals surface area contributed by atoms with Crippen molar-refractivity contribution in [2.24, 2.45) is 5.73 Å². The van der Waals surface area contributed by atoms with Crippen LogP contribution in [0.2, 0.25) is 0 Å². The molecule has 2 aromatic carbocycles. The van der Waals surface area contributed by atoms with E-state index in [1.54, 1.807) is 42.5 Å². The van der Waals surface area contributed by atoms with Crippen LogP contribution >= 0.6 is 0 Å². The van der Waals surface area contributed by atoms with Crippen LogP contribution < -0.4 is 5.73 Å². The Morgan fingerprint density at radius 2 is 1.39 bits per heavy atom. The van der Waals surface area contributed by atoms with Gasteiger partial charge in [-0.15, -0.1) is 0 Å². The third-order valence-electron chi connectivity index (χ3n) is 3.14. The fraction of sp³-hybridized carbons (Fsp3) is 0.118. The molecule has 1 amide bonds. The second-order valence-corrected chi connectivity index (χ2v) is 4.64. The van der Waals surface area contributed by atoms with Gasteiger partial charge in [0, 0.05) is 5.56 Å². The highest BCUT2D eigenvalue weighted by molar-refractivity contribution is 6.03. The van der Waals surface area contributed by atoms with Crippen LogP contribution in [0.1, 0.15) is 32.4 Å². The molecule has 0 spiro atoms. The molecule has 0 aliphatic heterocycles. The van der Waals surface area contributed by atoms with Crippen LogP contribution in [0.4, 0.5) is 0 Å². The molecule has 2 aromatic rings. The zero-order valence-electron chi connectivity index (χ0n) is 12.4. The van der Waals surface area contributed by atoms with Gasteiger partial charge in [-0.2, -0.15) is 0 Å². The Morgan fingerprint density at radius 3 is 1.91 bits per heavy atom. The maximum atomic E-state index is 12.3. The van der Waals surface area contributed by atoms with Gasteiger partial charge >= 0.3 is 11.9 Å². The van der Waals surface area contributed by atoms with Gasteiger partial charge in [0.15, 0.2) is 0 Å². The number of benzene rings is 2. The molecule has 0 saturated heterocycles. The molecule has 6 heteroatoms. The number of hydrogen-bond acceptors (Lipinski definition) is 5. The van der Waals surface area contributed by atoms with Crippen molar-refractivity contribution >= 4 is 17.8 Å². The van der Waals surface area contributed by atoms with E-state index in [2.05, 4.69) is 4.74 Å². The molecule has 0 bridgehead atoms. The number of esters is 2. The van der Waals surface area contributed by atoms with E-state index in [9.17, 15) is 14.4 Å². The molecule has 2 N–H and O–H groups in total. The first-order valence-corrected chi connectivity index (χ1v) is 6.77. The second-order valence-electron chi connectivity index (χ2n) is 4.64. The smallest absolute Gasteiger partial charge is 0.340 e. The number of carbonyl (C=O) groups excluding carboxylic acids is 3. The van der Waals surface area contributed by atoms with E-state index in [-0.39, 0.29) is 11.1 Å². The van der Waals surface area contributed by atoms with Crippen LogP contribution in [-0.2, 0) is 14.3 Å². The van der Waals surface area contributed by atoms with Crippen LogP contribution in [-0.4, -0.2) is 25.0 Å². The van der Waals surface area contributed by atoms with E-state index in [1.807, 2.05) is 0 Å². The van der Waals surface area contributed by atoms with Gasteiger partial charge in [0.05, 0.1) is 18.2 Å². The summed E-state index contributed by atoms with van der Waals surface area (Å²) in [6, 6.07) is 14.4. The first kappa shape index (κ1) is 16.2. The Balaban J connectivity index is 2.30. The van der Waals surface area contributed by atoms with Crippen molar-refractivity contribution < 1.29 is 23.9 Å². The molecule has 1 unspecified atom stereocenters. The van der Waals surface area contributed by atoms with Crippen molar-refractivity contribution in [2.45, 2.75) is 6.10 Å². The summed E-state index contributed by atoms with van der Waals surface area (Å²) < 4.78 is 9.82. The molecule has 1 atom stereocenters.